The fourth-order valence-electron chi connectivity index (χ4n) is 13.2. The second kappa shape index (κ2) is 22.7. The SMILES string of the molecule is Fc1cc(F)cc(-c2cc(C3c4ccc(-c5ccc(-c6ccccc6)nc5)cc4-c4cc(-c5ccc(-c6ccccc6)nc5)ccc43)c(-n3c4ccc(-c5ccc(-c6ccccc6)nc5)cc4c4cc(-c5ccc(-c6ccccc6)nc5)ccc43)cc2C(F)(F)F)c1. The van der Waals surface area contributed by atoms with Crippen molar-refractivity contribution in [3.8, 4) is 117 Å². The van der Waals surface area contributed by atoms with Gasteiger partial charge in [-0.15, -0.1) is 0 Å². The highest BCUT2D eigenvalue weighted by molar-refractivity contribution is 6.12. The highest BCUT2D eigenvalue weighted by atomic mass is 19.4. The molecule has 0 N–H and O–H groups in total. The van der Waals surface area contributed by atoms with E-state index < -0.39 is 29.3 Å². The molecule has 10 heteroatoms. The van der Waals surface area contributed by atoms with E-state index >= 15 is 22.0 Å². The van der Waals surface area contributed by atoms with Crippen LogP contribution in [0.25, 0.3) is 139 Å². The Morgan fingerprint density at radius 1 is 0.283 bits per heavy atom. The second-order valence-electron chi connectivity index (χ2n) is 23.1. The molecule has 16 rings (SSSR count). The summed E-state index contributed by atoms with van der Waals surface area (Å²) in [5.74, 6) is -2.72. The summed E-state index contributed by atoms with van der Waals surface area (Å²) in [6, 6.07) is 85.6. The van der Waals surface area contributed by atoms with Gasteiger partial charge >= 0.3 is 6.18 Å². The molecule has 0 bridgehead atoms. The molecule has 10 aromatic carbocycles. The van der Waals surface area contributed by atoms with Crippen LogP contribution in [0.2, 0.25) is 0 Å². The molecule has 5 nitrogen and oxygen atoms in total. The van der Waals surface area contributed by atoms with Gasteiger partial charge in [-0.05, 0) is 146 Å². The van der Waals surface area contributed by atoms with E-state index in [1.165, 1.54) is 12.1 Å². The van der Waals surface area contributed by atoms with E-state index in [2.05, 4.69) is 36.4 Å². The fraction of sp³-hybridized carbons (Fsp3) is 0.0244. The van der Waals surface area contributed by atoms with Crippen LogP contribution in [0.15, 0.2) is 298 Å². The molecule has 1 aliphatic rings. The van der Waals surface area contributed by atoms with Crippen LogP contribution in [-0.4, -0.2) is 24.5 Å². The number of pyridine rings is 4. The Bertz CT molecular complexity index is 5000. The van der Waals surface area contributed by atoms with Gasteiger partial charge in [-0.2, -0.15) is 13.2 Å². The van der Waals surface area contributed by atoms with Gasteiger partial charge in [0.2, 0.25) is 0 Å². The van der Waals surface area contributed by atoms with Crippen molar-refractivity contribution in [2.45, 2.75) is 12.1 Å². The quantitative estimate of drug-likeness (QED) is 0.121. The van der Waals surface area contributed by atoms with Crippen LogP contribution in [0.1, 0.15) is 28.2 Å². The number of nitrogens with zero attached hydrogens (tertiary/aromatic N) is 5. The van der Waals surface area contributed by atoms with Gasteiger partial charge in [-0.1, -0.05) is 182 Å². The van der Waals surface area contributed by atoms with Gasteiger partial charge in [0.25, 0.3) is 0 Å². The zero-order valence-corrected chi connectivity index (χ0v) is 49.0. The summed E-state index contributed by atoms with van der Waals surface area (Å²) >= 11 is 0. The number of aromatic nitrogens is 5. The lowest BCUT2D eigenvalue weighted by Crippen LogP contribution is -2.13. The normalized spacial score (nSPS) is 12.1. The van der Waals surface area contributed by atoms with E-state index in [-0.39, 0.29) is 16.8 Å². The minimum absolute atomic E-state index is 0.236. The average Bonchev–Trinajstić information content (AvgIpc) is 1.60. The van der Waals surface area contributed by atoms with Crippen molar-refractivity contribution in [2.24, 2.45) is 0 Å². The highest BCUT2D eigenvalue weighted by Crippen LogP contribution is 2.54. The minimum atomic E-state index is -4.99. The summed E-state index contributed by atoms with van der Waals surface area (Å²) < 4.78 is 82.1. The molecule has 15 aromatic rings. The summed E-state index contributed by atoms with van der Waals surface area (Å²) in [5.41, 5.74) is 17.8. The summed E-state index contributed by atoms with van der Waals surface area (Å²) in [6.45, 7) is 0. The largest absolute Gasteiger partial charge is 0.417 e. The van der Waals surface area contributed by atoms with Crippen molar-refractivity contribution >= 4 is 21.8 Å². The Labute approximate surface area is 526 Å². The van der Waals surface area contributed by atoms with E-state index in [9.17, 15) is 0 Å². The zero-order valence-electron chi connectivity index (χ0n) is 49.0. The van der Waals surface area contributed by atoms with Crippen molar-refractivity contribution in [1.82, 2.24) is 24.5 Å². The van der Waals surface area contributed by atoms with Crippen LogP contribution in [-0.2, 0) is 6.18 Å². The zero-order chi connectivity index (χ0) is 62.0. The van der Waals surface area contributed by atoms with Gasteiger partial charge in [0, 0.05) is 92.1 Å². The lowest BCUT2D eigenvalue weighted by atomic mass is 9.84. The second-order valence-corrected chi connectivity index (χ2v) is 23.1. The number of hydrogen-bond donors (Lipinski definition) is 0. The van der Waals surface area contributed by atoms with Crippen molar-refractivity contribution in [3.63, 3.8) is 0 Å². The van der Waals surface area contributed by atoms with Crippen LogP contribution < -0.4 is 0 Å². The van der Waals surface area contributed by atoms with Crippen molar-refractivity contribution in [3.05, 3.63) is 332 Å². The first-order valence-corrected chi connectivity index (χ1v) is 30.2. The van der Waals surface area contributed by atoms with Gasteiger partial charge in [0.15, 0.2) is 0 Å². The molecule has 0 saturated carbocycles. The maximum absolute atomic E-state index is 16.4. The van der Waals surface area contributed by atoms with E-state index in [0.717, 1.165) is 135 Å². The van der Waals surface area contributed by atoms with Crippen LogP contribution >= 0.6 is 0 Å². The lowest BCUT2D eigenvalue weighted by molar-refractivity contribution is -0.137. The Hall–Kier alpha value is -11.8. The van der Waals surface area contributed by atoms with E-state index in [4.69, 9.17) is 19.9 Å². The van der Waals surface area contributed by atoms with Gasteiger partial charge in [-0.25, -0.2) is 8.78 Å². The van der Waals surface area contributed by atoms with Gasteiger partial charge in [0.1, 0.15) is 11.6 Å². The number of rotatable bonds is 11. The first kappa shape index (κ1) is 55.6. The molecule has 0 unspecified atom stereocenters. The van der Waals surface area contributed by atoms with Crippen LogP contribution in [0, 0.1) is 11.6 Å². The Kier molecular flexibility index (Phi) is 13.7. The third kappa shape index (κ3) is 10.2. The standard InChI is InChI=1S/C82H50F5N5/c83-63-37-62(38-64(84)43-63)67-44-72(81-65-29-21-54(58-23-31-74(88-46-58)50-13-5-1-6-14-50)39-68(65)69-40-55(22-30-66(69)81)59-24-32-75(89-47-59)51-15-7-2-8-16-51)80(45-73(67)82(85,86)87)92-78-35-27-56(60-25-33-76(90-48-60)52-17-9-3-10-18-52)41-70(78)71-42-57(28-36-79(71)92)61-26-34-77(91-49-61)53-19-11-4-12-20-53/h1-49,81H. The molecule has 0 fully saturated rings. The molecule has 0 spiro atoms. The number of benzene rings is 10. The van der Waals surface area contributed by atoms with Crippen molar-refractivity contribution < 1.29 is 22.0 Å². The smallest absolute Gasteiger partial charge is 0.309 e. The molecular weight excluding hydrogens is 1150 g/mol. The Morgan fingerprint density at radius 2 is 0.630 bits per heavy atom. The van der Waals surface area contributed by atoms with E-state index in [1.54, 1.807) is 0 Å². The monoisotopic (exact) mass is 1200 g/mol. The molecule has 0 aliphatic heterocycles. The molecular formula is C82H50F5N5. The average molecular weight is 1200 g/mol. The predicted octanol–water partition coefficient (Wildman–Crippen LogP) is 21.8. The van der Waals surface area contributed by atoms with Gasteiger partial charge < -0.3 is 4.57 Å². The number of hydrogen-bond acceptors (Lipinski definition) is 4. The topological polar surface area (TPSA) is 56.5 Å². The van der Waals surface area contributed by atoms with Crippen LogP contribution in [0.4, 0.5) is 22.0 Å². The first-order chi connectivity index (χ1) is 45.0. The van der Waals surface area contributed by atoms with Crippen molar-refractivity contribution in [1.29, 1.82) is 0 Å². The Balaban J connectivity index is 0.932. The number of halogens is 5. The first-order valence-electron chi connectivity index (χ1n) is 30.2. The molecule has 0 amide bonds. The lowest BCUT2D eigenvalue weighted by Gasteiger charge is -2.25. The molecule has 5 heterocycles. The molecule has 0 atom stereocenters. The fourth-order valence-corrected chi connectivity index (χ4v) is 13.2. The van der Waals surface area contributed by atoms with Crippen LogP contribution in [0.5, 0.6) is 0 Å². The molecule has 5 aromatic heterocycles. The molecule has 92 heavy (non-hydrogen) atoms. The predicted molar refractivity (Wildman–Crippen MR) is 359 cm³/mol. The summed E-state index contributed by atoms with van der Waals surface area (Å²) in [4.78, 5) is 19.5. The third-order valence-corrected chi connectivity index (χ3v) is 17.6. The van der Waals surface area contributed by atoms with E-state index in [0.29, 0.717) is 22.7 Å². The molecule has 438 valence electrons. The summed E-state index contributed by atoms with van der Waals surface area (Å²) in [7, 11) is 0. The molecule has 0 radical (unpaired) electrons. The summed E-state index contributed by atoms with van der Waals surface area (Å²) in [6.07, 6.45) is 2.41. The minimum Gasteiger partial charge on any atom is -0.309 e. The maximum Gasteiger partial charge on any atom is 0.417 e. The third-order valence-electron chi connectivity index (χ3n) is 17.6. The number of fused-ring (bicyclic) bond motifs is 6. The highest BCUT2D eigenvalue weighted by Gasteiger charge is 2.39. The Morgan fingerprint density at radius 3 is 0.978 bits per heavy atom. The number of alkyl halides is 3. The van der Waals surface area contributed by atoms with Gasteiger partial charge in [0.05, 0.1) is 45.1 Å². The molecule has 1 aliphatic carbocycles. The van der Waals surface area contributed by atoms with Crippen LogP contribution in [0.3, 0.4) is 0 Å². The van der Waals surface area contributed by atoms with E-state index in [1.807, 2.05) is 236 Å². The molecule has 0 saturated heterocycles. The van der Waals surface area contributed by atoms with Crippen molar-refractivity contribution in [2.75, 3.05) is 0 Å². The van der Waals surface area contributed by atoms with Gasteiger partial charge in [-0.3, -0.25) is 19.9 Å². The summed E-state index contributed by atoms with van der Waals surface area (Å²) in [5, 5.41) is 1.55. The maximum atomic E-state index is 16.4.